The second kappa shape index (κ2) is 6.80. The van der Waals surface area contributed by atoms with Gasteiger partial charge in [-0.05, 0) is 6.04 Å². The molecule has 94 valence electrons. The van der Waals surface area contributed by atoms with Crippen molar-refractivity contribution in [1.82, 2.24) is 0 Å². The van der Waals surface area contributed by atoms with Crippen molar-refractivity contribution in [3.05, 3.63) is 23.2 Å². The van der Waals surface area contributed by atoms with Crippen molar-refractivity contribution >= 4 is 24.0 Å². The van der Waals surface area contributed by atoms with Crippen LogP contribution in [-0.4, -0.2) is 8.07 Å². The first-order valence-electron chi connectivity index (χ1n) is 6.27. The summed E-state index contributed by atoms with van der Waals surface area (Å²) in [5.74, 6) is 0. The second-order valence-corrected chi connectivity index (χ2v) is 12.6. The smallest absolute Gasteiger partial charge is 0.0650 e. The molecule has 0 nitrogen and oxygen atoms in total. The van der Waals surface area contributed by atoms with Gasteiger partial charge in [0.1, 0.15) is 0 Å². The van der Waals surface area contributed by atoms with Crippen LogP contribution in [0.5, 0.6) is 0 Å². The van der Waals surface area contributed by atoms with Gasteiger partial charge >= 0.3 is 0 Å². The zero-order chi connectivity index (χ0) is 12.9. The minimum Gasteiger partial charge on any atom is -0.0980 e. The molecule has 0 fully saturated rings. The average Bonchev–Trinajstić information content (AvgIpc) is 2.16. The fourth-order valence-corrected chi connectivity index (χ4v) is 9.51. The summed E-state index contributed by atoms with van der Waals surface area (Å²) in [7, 11) is -1.26. The maximum atomic E-state index is 3.80. The summed E-state index contributed by atoms with van der Waals surface area (Å²) in [5.41, 5.74) is 2.48. The molecule has 0 aromatic rings. The summed E-state index contributed by atoms with van der Waals surface area (Å²) in [6.45, 7) is 18.2. The summed E-state index contributed by atoms with van der Waals surface area (Å²) >= 11 is 3.54. The summed E-state index contributed by atoms with van der Waals surface area (Å²) in [5, 5.41) is 0. The second-order valence-electron chi connectivity index (χ2n) is 5.57. The van der Waals surface area contributed by atoms with E-state index in [1.54, 1.807) is 0 Å². The van der Waals surface area contributed by atoms with Gasteiger partial charge in [0.15, 0.2) is 0 Å². The van der Waals surface area contributed by atoms with Crippen molar-refractivity contribution in [3.8, 4) is 0 Å². The van der Waals surface area contributed by atoms with Crippen LogP contribution in [-0.2, 0) is 0 Å². The van der Waals surface area contributed by atoms with Crippen molar-refractivity contribution < 1.29 is 0 Å². The van der Waals surface area contributed by atoms with E-state index >= 15 is 0 Å². The molecule has 0 radical (unpaired) electrons. The van der Waals surface area contributed by atoms with E-state index in [1.807, 2.05) is 6.08 Å². The Morgan fingerprint density at radius 3 is 1.69 bits per heavy atom. The van der Waals surface area contributed by atoms with E-state index in [-0.39, 0.29) is 0 Å². The highest BCUT2D eigenvalue weighted by atomic mass is 79.9. The SMILES string of the molecule is C=C/C(Br)=C/C[Si](C(C)C)(C(C)C)C(C)C. The molecule has 0 aliphatic heterocycles. The predicted octanol–water partition coefficient (Wildman–Crippen LogP) is 6.13. The Morgan fingerprint density at radius 1 is 1.06 bits per heavy atom. The minimum absolute atomic E-state index is 0.828. The Labute approximate surface area is 111 Å². The van der Waals surface area contributed by atoms with Gasteiger partial charge in [-0.25, -0.2) is 0 Å². The Hall–Kier alpha value is 0.177. The highest BCUT2D eigenvalue weighted by molar-refractivity contribution is 9.11. The van der Waals surface area contributed by atoms with Crippen LogP contribution in [0.2, 0.25) is 22.7 Å². The van der Waals surface area contributed by atoms with Gasteiger partial charge in [0.05, 0.1) is 8.07 Å². The van der Waals surface area contributed by atoms with E-state index in [0.717, 1.165) is 21.1 Å². The molecule has 0 bridgehead atoms. The lowest BCUT2D eigenvalue weighted by Crippen LogP contribution is -2.43. The molecule has 0 aliphatic rings. The molecule has 0 aromatic carbocycles. The van der Waals surface area contributed by atoms with Gasteiger partial charge < -0.3 is 0 Å². The third-order valence-corrected chi connectivity index (χ3v) is 12.1. The number of allylic oxidation sites excluding steroid dienone is 3. The van der Waals surface area contributed by atoms with E-state index in [9.17, 15) is 0 Å². The van der Waals surface area contributed by atoms with E-state index < -0.39 is 8.07 Å². The van der Waals surface area contributed by atoms with Crippen LogP contribution in [0.4, 0.5) is 0 Å². The van der Waals surface area contributed by atoms with Crippen LogP contribution in [0.3, 0.4) is 0 Å². The summed E-state index contributed by atoms with van der Waals surface area (Å²) < 4.78 is 1.14. The minimum atomic E-state index is -1.26. The standard InChI is InChI=1S/C14H27BrSi/c1-8-14(15)9-10-16(11(2)3,12(4)5)13(6)7/h8-9,11-13H,1,10H2,2-7H3/b14-9-. The van der Waals surface area contributed by atoms with Gasteiger partial charge in [-0.2, -0.15) is 0 Å². The lowest BCUT2D eigenvalue weighted by molar-refractivity contribution is 0.811. The van der Waals surface area contributed by atoms with Crippen LogP contribution < -0.4 is 0 Å². The molecular formula is C14H27BrSi. The van der Waals surface area contributed by atoms with Crippen molar-refractivity contribution in [2.45, 2.75) is 64.2 Å². The monoisotopic (exact) mass is 302 g/mol. The van der Waals surface area contributed by atoms with Gasteiger partial charge in [-0.15, -0.1) is 0 Å². The maximum absolute atomic E-state index is 3.80. The third-order valence-electron chi connectivity index (χ3n) is 4.07. The molecule has 0 amide bonds. The Balaban J connectivity index is 5.13. The Morgan fingerprint density at radius 2 is 1.44 bits per heavy atom. The van der Waals surface area contributed by atoms with Gasteiger partial charge in [0, 0.05) is 4.48 Å². The first kappa shape index (κ1) is 16.2. The summed E-state index contributed by atoms with van der Waals surface area (Å²) in [6.07, 6.45) is 4.22. The molecular weight excluding hydrogens is 276 g/mol. The molecule has 0 heterocycles. The maximum Gasteiger partial charge on any atom is 0.0650 e. The number of hydrogen-bond acceptors (Lipinski definition) is 0. The topological polar surface area (TPSA) is 0 Å². The molecule has 0 N–H and O–H groups in total. The average molecular weight is 303 g/mol. The molecule has 0 rings (SSSR count). The van der Waals surface area contributed by atoms with E-state index in [2.05, 4.69) is 70.1 Å². The van der Waals surface area contributed by atoms with E-state index in [0.29, 0.717) is 0 Å². The fraction of sp³-hybridized carbons (Fsp3) is 0.714. The molecule has 0 saturated heterocycles. The molecule has 0 aromatic heterocycles. The van der Waals surface area contributed by atoms with E-state index in [4.69, 9.17) is 0 Å². The zero-order valence-electron chi connectivity index (χ0n) is 11.7. The lowest BCUT2D eigenvalue weighted by atomic mass is 10.5. The molecule has 0 unspecified atom stereocenters. The van der Waals surface area contributed by atoms with Gasteiger partial charge in [0.2, 0.25) is 0 Å². The number of hydrogen-bond donors (Lipinski definition) is 0. The van der Waals surface area contributed by atoms with Gasteiger partial charge in [-0.3, -0.25) is 0 Å². The number of halogens is 1. The highest BCUT2D eigenvalue weighted by Crippen LogP contribution is 2.44. The van der Waals surface area contributed by atoms with Crippen molar-refractivity contribution in [2.75, 3.05) is 0 Å². The Bertz CT molecular complexity index is 230. The first-order chi connectivity index (χ1) is 7.28. The zero-order valence-corrected chi connectivity index (χ0v) is 14.3. The van der Waals surface area contributed by atoms with Crippen LogP contribution >= 0.6 is 15.9 Å². The van der Waals surface area contributed by atoms with E-state index in [1.165, 1.54) is 6.04 Å². The molecule has 0 saturated carbocycles. The van der Waals surface area contributed by atoms with Crippen LogP contribution in [0.15, 0.2) is 23.2 Å². The summed E-state index contributed by atoms with van der Waals surface area (Å²) in [6, 6.07) is 1.26. The Kier molecular flexibility index (Phi) is 6.88. The van der Waals surface area contributed by atoms with Gasteiger partial charge in [-0.1, -0.05) is 92.8 Å². The van der Waals surface area contributed by atoms with Crippen molar-refractivity contribution in [2.24, 2.45) is 0 Å². The number of rotatable bonds is 6. The quantitative estimate of drug-likeness (QED) is 0.409. The molecule has 2 heteroatoms. The highest BCUT2D eigenvalue weighted by Gasteiger charge is 2.41. The third kappa shape index (κ3) is 3.59. The predicted molar refractivity (Wildman–Crippen MR) is 83.1 cm³/mol. The van der Waals surface area contributed by atoms with Crippen LogP contribution in [0.1, 0.15) is 41.5 Å². The van der Waals surface area contributed by atoms with Crippen molar-refractivity contribution in [1.29, 1.82) is 0 Å². The molecule has 0 aliphatic carbocycles. The first-order valence-corrected chi connectivity index (χ1v) is 9.50. The van der Waals surface area contributed by atoms with Gasteiger partial charge in [0.25, 0.3) is 0 Å². The molecule has 0 atom stereocenters. The molecule has 0 spiro atoms. The molecule has 16 heavy (non-hydrogen) atoms. The summed E-state index contributed by atoms with van der Waals surface area (Å²) in [4.78, 5) is 0. The van der Waals surface area contributed by atoms with Crippen LogP contribution in [0, 0.1) is 0 Å². The lowest BCUT2D eigenvalue weighted by Gasteiger charge is -2.42. The normalized spacial score (nSPS) is 14.0. The van der Waals surface area contributed by atoms with Crippen molar-refractivity contribution in [3.63, 3.8) is 0 Å². The van der Waals surface area contributed by atoms with Crippen LogP contribution in [0.25, 0.3) is 0 Å². The largest absolute Gasteiger partial charge is 0.0980 e. The fourth-order valence-electron chi connectivity index (χ4n) is 3.06.